The zero-order valence-corrected chi connectivity index (χ0v) is 17.5. The van der Waals surface area contributed by atoms with E-state index in [1.807, 2.05) is 0 Å². The number of nitrogens with zero attached hydrogens (tertiary/aromatic N) is 3. The lowest BCUT2D eigenvalue weighted by atomic mass is 10.0. The Morgan fingerprint density at radius 2 is 1.76 bits per heavy atom. The molecule has 0 spiro atoms. The third-order valence-corrected chi connectivity index (χ3v) is 4.98. The van der Waals surface area contributed by atoms with Crippen LogP contribution in [0.25, 0.3) is 10.8 Å². The number of rotatable bonds is 5. The molecule has 0 atom stereocenters. The average Bonchev–Trinajstić information content (AvgIpc) is 2.80. The second-order valence-electron chi connectivity index (χ2n) is 6.94. The second-order valence-corrected chi connectivity index (χ2v) is 7.37. The summed E-state index contributed by atoms with van der Waals surface area (Å²) in [6, 6.07) is 18.1. The van der Waals surface area contributed by atoms with Gasteiger partial charge < -0.3 is 15.5 Å². The maximum Gasteiger partial charge on any atom is 0.271 e. The predicted molar refractivity (Wildman–Crippen MR) is 124 cm³/mol. The largest absolute Gasteiger partial charge is 0.506 e. The number of nitrogens with one attached hydrogen (secondary N) is 1. The monoisotopic (exact) mass is 462 g/mol. The number of fused-ring (bicyclic) bond motifs is 1. The fraction of sp³-hybridized carbons (Fsp3) is 0. The Balaban J connectivity index is 1.77. The van der Waals surface area contributed by atoms with Crippen molar-refractivity contribution in [3.63, 3.8) is 0 Å². The van der Waals surface area contributed by atoms with E-state index >= 15 is 0 Å². The van der Waals surface area contributed by atoms with Gasteiger partial charge in [-0.3, -0.25) is 14.9 Å². The van der Waals surface area contributed by atoms with Crippen molar-refractivity contribution in [3.8, 4) is 11.5 Å². The summed E-state index contributed by atoms with van der Waals surface area (Å²) < 4.78 is 0. The molecule has 0 fully saturated rings. The normalized spacial score (nSPS) is 11.1. The number of nitro groups is 1. The number of non-ortho nitro benzene ring substituents is 1. The molecule has 0 radical (unpaired) electrons. The van der Waals surface area contributed by atoms with Crippen molar-refractivity contribution in [2.45, 2.75) is 0 Å². The highest BCUT2D eigenvalue weighted by atomic mass is 35.5. The number of anilines is 1. The van der Waals surface area contributed by atoms with Crippen LogP contribution in [0.3, 0.4) is 0 Å². The van der Waals surface area contributed by atoms with Gasteiger partial charge in [-0.25, -0.2) is 0 Å². The van der Waals surface area contributed by atoms with E-state index in [-0.39, 0.29) is 34.1 Å². The van der Waals surface area contributed by atoms with E-state index in [0.29, 0.717) is 15.8 Å². The molecule has 0 aliphatic carbocycles. The van der Waals surface area contributed by atoms with Crippen LogP contribution >= 0.6 is 11.6 Å². The van der Waals surface area contributed by atoms with Gasteiger partial charge in [-0.05, 0) is 35.7 Å². The molecule has 10 heteroatoms. The first-order chi connectivity index (χ1) is 15.8. The lowest BCUT2D eigenvalue weighted by Gasteiger charge is -2.11. The van der Waals surface area contributed by atoms with Gasteiger partial charge >= 0.3 is 0 Å². The number of carbonyl (C=O) groups excluding carboxylic acids is 1. The van der Waals surface area contributed by atoms with Crippen LogP contribution in [0, 0.1) is 10.1 Å². The first-order valence-electron chi connectivity index (χ1n) is 9.54. The molecule has 4 aromatic rings. The number of azo groups is 1. The minimum Gasteiger partial charge on any atom is -0.506 e. The van der Waals surface area contributed by atoms with Crippen LogP contribution in [0.15, 0.2) is 83.0 Å². The fourth-order valence-electron chi connectivity index (χ4n) is 3.17. The van der Waals surface area contributed by atoms with Crippen molar-refractivity contribution < 1.29 is 19.9 Å². The van der Waals surface area contributed by atoms with Crippen molar-refractivity contribution in [2.75, 3.05) is 5.32 Å². The van der Waals surface area contributed by atoms with Gasteiger partial charge in [0.05, 0.1) is 10.5 Å². The zero-order valence-electron chi connectivity index (χ0n) is 16.8. The Bertz CT molecular complexity index is 1440. The Morgan fingerprint density at radius 3 is 2.55 bits per heavy atom. The molecule has 9 nitrogen and oxygen atoms in total. The summed E-state index contributed by atoms with van der Waals surface area (Å²) >= 11 is 5.94. The van der Waals surface area contributed by atoms with Gasteiger partial charge in [0.1, 0.15) is 17.1 Å². The van der Waals surface area contributed by atoms with Gasteiger partial charge in [-0.15, -0.1) is 10.2 Å². The highest BCUT2D eigenvalue weighted by Crippen LogP contribution is 2.40. The van der Waals surface area contributed by atoms with E-state index in [4.69, 9.17) is 11.6 Å². The molecule has 4 rings (SSSR count). The van der Waals surface area contributed by atoms with Crippen LogP contribution in [-0.2, 0) is 0 Å². The van der Waals surface area contributed by atoms with E-state index in [0.717, 1.165) is 0 Å². The number of phenolic OH excluding ortho intramolecular Hbond substituents is 2. The smallest absolute Gasteiger partial charge is 0.271 e. The van der Waals surface area contributed by atoms with Crippen LogP contribution < -0.4 is 5.32 Å². The number of nitro benzene ring substituents is 1. The number of hydrogen-bond acceptors (Lipinski definition) is 7. The number of carbonyl (C=O) groups is 1. The maximum absolute atomic E-state index is 12.9. The topological polar surface area (TPSA) is 137 Å². The lowest BCUT2D eigenvalue weighted by Crippen LogP contribution is -2.12. The second kappa shape index (κ2) is 8.93. The Labute approximate surface area is 191 Å². The van der Waals surface area contributed by atoms with Crippen molar-refractivity contribution in [1.29, 1.82) is 0 Å². The molecule has 0 aromatic heterocycles. The standard InChI is InChI=1S/C23H15ClN4O5/c24-14-8-9-20(29)19(11-14)26-27-21-17-7-2-1-4-13(17)10-18(22(21)30)23(31)25-15-5-3-6-16(12-15)28(32)33/h1-12,29-30H,(H,25,31). The van der Waals surface area contributed by atoms with E-state index < -0.39 is 16.6 Å². The van der Waals surface area contributed by atoms with Crippen molar-refractivity contribution in [2.24, 2.45) is 10.2 Å². The van der Waals surface area contributed by atoms with E-state index in [1.54, 1.807) is 24.3 Å². The SMILES string of the molecule is O=C(Nc1cccc([N+](=O)[O-])c1)c1cc2ccccc2c(N=Nc2cc(Cl)ccc2O)c1O. The highest BCUT2D eigenvalue weighted by molar-refractivity contribution is 6.30. The van der Waals surface area contributed by atoms with Crippen molar-refractivity contribution in [1.82, 2.24) is 0 Å². The first-order valence-corrected chi connectivity index (χ1v) is 9.92. The molecule has 164 valence electrons. The van der Waals surface area contributed by atoms with Crippen LogP contribution in [0.5, 0.6) is 11.5 Å². The molecule has 0 aliphatic heterocycles. The fourth-order valence-corrected chi connectivity index (χ4v) is 3.33. The number of phenols is 2. The summed E-state index contributed by atoms with van der Waals surface area (Å²) in [5, 5.41) is 43.9. The predicted octanol–water partition coefficient (Wildman–Crippen LogP) is 6.48. The van der Waals surface area contributed by atoms with Gasteiger partial charge in [-0.1, -0.05) is 41.9 Å². The third kappa shape index (κ3) is 4.58. The maximum atomic E-state index is 12.9. The molecular weight excluding hydrogens is 448 g/mol. The quantitative estimate of drug-likeness (QED) is 0.177. The zero-order chi connectivity index (χ0) is 23.5. The molecule has 3 N–H and O–H groups in total. The van der Waals surface area contributed by atoms with Crippen LogP contribution in [-0.4, -0.2) is 21.0 Å². The Morgan fingerprint density at radius 1 is 0.970 bits per heavy atom. The number of hydrogen-bond donors (Lipinski definition) is 3. The summed E-state index contributed by atoms with van der Waals surface area (Å²) in [4.78, 5) is 23.3. The molecule has 33 heavy (non-hydrogen) atoms. The summed E-state index contributed by atoms with van der Waals surface area (Å²) in [5.74, 6) is -1.30. The summed E-state index contributed by atoms with van der Waals surface area (Å²) in [5.41, 5.74) is -0.0151. The van der Waals surface area contributed by atoms with Gasteiger partial charge in [0.2, 0.25) is 0 Å². The summed E-state index contributed by atoms with van der Waals surface area (Å²) in [6.07, 6.45) is 0. The van der Waals surface area contributed by atoms with Gasteiger partial charge in [0.25, 0.3) is 11.6 Å². The van der Waals surface area contributed by atoms with Crippen LogP contribution in [0.1, 0.15) is 10.4 Å². The van der Waals surface area contributed by atoms with Gasteiger partial charge in [0, 0.05) is 28.2 Å². The average molecular weight is 463 g/mol. The Hall–Kier alpha value is -4.50. The molecule has 0 bridgehead atoms. The van der Waals surface area contributed by atoms with E-state index in [2.05, 4.69) is 15.5 Å². The Kier molecular flexibility index (Phi) is 5.88. The number of amides is 1. The molecule has 0 unspecified atom stereocenters. The molecule has 0 saturated heterocycles. The first kappa shape index (κ1) is 21.7. The lowest BCUT2D eigenvalue weighted by molar-refractivity contribution is -0.384. The minimum atomic E-state index is -0.694. The van der Waals surface area contributed by atoms with Gasteiger partial charge in [0.15, 0.2) is 5.75 Å². The molecular formula is C23H15ClN4O5. The molecule has 0 saturated carbocycles. The molecule has 0 heterocycles. The van der Waals surface area contributed by atoms with E-state index in [1.165, 1.54) is 48.5 Å². The number of benzene rings is 4. The summed E-state index contributed by atoms with van der Waals surface area (Å²) in [6.45, 7) is 0. The molecule has 1 amide bonds. The van der Waals surface area contributed by atoms with Gasteiger partial charge in [-0.2, -0.15) is 0 Å². The molecule has 0 aliphatic rings. The summed E-state index contributed by atoms with van der Waals surface area (Å²) in [7, 11) is 0. The van der Waals surface area contributed by atoms with Crippen molar-refractivity contribution >= 4 is 51.0 Å². The third-order valence-electron chi connectivity index (χ3n) is 4.75. The van der Waals surface area contributed by atoms with Crippen LogP contribution in [0.2, 0.25) is 5.02 Å². The number of aromatic hydroxyl groups is 2. The molecule has 4 aromatic carbocycles. The highest BCUT2D eigenvalue weighted by Gasteiger charge is 2.19. The van der Waals surface area contributed by atoms with Crippen molar-refractivity contribution in [3.05, 3.63) is 93.5 Å². The number of halogens is 1. The van der Waals surface area contributed by atoms with Crippen LogP contribution in [0.4, 0.5) is 22.7 Å². The minimum absolute atomic E-state index is 0.0108. The van der Waals surface area contributed by atoms with E-state index in [9.17, 15) is 25.1 Å².